The number of ether oxygens (including phenoxy) is 2. The van der Waals surface area contributed by atoms with Crippen LogP contribution in [0.15, 0.2) is 12.2 Å². The summed E-state index contributed by atoms with van der Waals surface area (Å²) in [5.74, 6) is -3.96. The van der Waals surface area contributed by atoms with E-state index >= 15 is 0 Å². The monoisotopic (exact) mass is 488 g/mol. The molecule has 0 radical (unpaired) electrons. The molecule has 2 N–H and O–H groups in total. The summed E-state index contributed by atoms with van der Waals surface area (Å²) >= 11 is 0. The minimum atomic E-state index is -1.11. The Kier molecular flexibility index (Phi) is 18.3. The number of carbonyl (C=O) groups is 4. The third-order valence-electron chi connectivity index (χ3n) is 3.23. The first kappa shape index (κ1) is 34.7. The zero-order valence-electron chi connectivity index (χ0n) is 22.8. The predicted octanol–water partition coefficient (Wildman–Crippen LogP) is -0.584. The molecule has 0 saturated heterocycles. The Hall–Kier alpha value is 0.0595. The van der Waals surface area contributed by atoms with Gasteiger partial charge >= 0.3 is 99.4 Å². The predicted molar refractivity (Wildman–Crippen MR) is 115 cm³/mol. The van der Waals surface area contributed by atoms with Crippen LogP contribution in [0.2, 0.25) is 0 Å². The van der Waals surface area contributed by atoms with Crippen LogP contribution in [0.4, 0.5) is 0 Å². The van der Waals surface area contributed by atoms with E-state index in [0.717, 1.165) is 12.2 Å². The Morgan fingerprint density at radius 2 is 1.00 bits per heavy atom. The molecule has 2 atom stereocenters. The average molecular weight is 489 g/mol. The quantitative estimate of drug-likeness (QED) is 0.162. The van der Waals surface area contributed by atoms with Crippen LogP contribution in [-0.4, -0.2) is 186 Å². The first-order valence-corrected chi connectivity index (χ1v) is 8.71. The smallest absolute Gasteiger partial charge is 1.00 e. The number of quaternary nitrogens is 2. The van der Waals surface area contributed by atoms with Gasteiger partial charge in [-0.1, -0.05) is 0 Å². The van der Waals surface area contributed by atoms with E-state index in [1.54, 1.807) is 0 Å². The van der Waals surface area contributed by atoms with Crippen molar-refractivity contribution < 1.29 is 53.5 Å². The molecule has 0 unspecified atom stereocenters. The van der Waals surface area contributed by atoms with Gasteiger partial charge in [0.2, 0.25) is 0 Å². The maximum atomic E-state index is 11.9. The van der Waals surface area contributed by atoms with E-state index in [4.69, 9.17) is 19.7 Å². The van der Waals surface area contributed by atoms with Crippen LogP contribution in [0, 0.1) is 0 Å². The van der Waals surface area contributed by atoms with Crippen molar-refractivity contribution in [3.05, 3.63) is 12.2 Å². The normalized spacial score (nSPS) is 13.4. The second-order valence-corrected chi connectivity index (χ2v) is 8.59. The summed E-state index contributed by atoms with van der Waals surface area (Å²) in [6.07, 6.45) is -0.743. The Labute approximate surface area is 243 Å². The number of hydrogen-bond donors (Lipinski definition) is 2. The average Bonchev–Trinajstić information content (AvgIpc) is 2.39. The molecule has 30 heavy (non-hydrogen) atoms. The topological polar surface area (TPSA) is 127 Å². The first-order valence-electron chi connectivity index (χ1n) is 8.71. The summed E-state index contributed by atoms with van der Waals surface area (Å²) in [7, 11) is 11.0. The first-order chi connectivity index (χ1) is 12.6. The molecule has 12 heteroatoms. The molecule has 0 heterocycles. The van der Waals surface area contributed by atoms with Gasteiger partial charge in [0.05, 0.1) is 55.1 Å². The van der Waals surface area contributed by atoms with Crippen molar-refractivity contribution in [3.63, 3.8) is 0 Å². The van der Waals surface area contributed by atoms with E-state index in [9.17, 15) is 19.2 Å². The third-order valence-corrected chi connectivity index (χ3v) is 3.23. The standard InChI is InChI=1S/C18H30N2O8.2Ca.4H/c1-19(2,3)11-13(9-15(21)22)27-17(25)7-8-18(26)28-14(10-16(23)24)12-20(4,5)6;;;;;;/h7-8,13-14H,9-12H2,1-6H3;;;;;;/q;2*+2;4*-1/p+2/b8-7+;;;;;;/t13-,14-;;;;;;/m1....../s1. The number of carbonyl (C=O) groups excluding carboxylic acids is 2. The number of aliphatic carboxylic acids is 2. The second-order valence-electron chi connectivity index (χ2n) is 8.59. The van der Waals surface area contributed by atoms with E-state index in [0.29, 0.717) is 8.97 Å². The SMILES string of the molecule is C[N+](C)(C)C[C@@H](CC(=O)O)OC(=O)/C=C/C(=O)O[C@H](CC(=O)O)C[N+](C)(C)C.[Ca+2].[Ca+2].[H-].[H-].[H-].[H-]. The van der Waals surface area contributed by atoms with Crippen LogP contribution in [0.1, 0.15) is 18.5 Å². The molecule has 168 valence electrons. The molecule has 0 spiro atoms. The summed E-state index contributed by atoms with van der Waals surface area (Å²) in [6.45, 7) is 0.557. The Morgan fingerprint density at radius 3 is 1.20 bits per heavy atom. The second kappa shape index (κ2) is 15.8. The van der Waals surface area contributed by atoms with Crippen LogP contribution in [0.3, 0.4) is 0 Å². The largest absolute Gasteiger partial charge is 2.00 e. The van der Waals surface area contributed by atoms with E-state index in [1.165, 1.54) is 0 Å². The van der Waals surface area contributed by atoms with Crippen LogP contribution in [0.5, 0.6) is 0 Å². The van der Waals surface area contributed by atoms with Crippen molar-refractivity contribution in [2.24, 2.45) is 0 Å². The van der Waals surface area contributed by atoms with Crippen LogP contribution >= 0.6 is 0 Å². The van der Waals surface area contributed by atoms with E-state index in [-0.39, 0.29) is 107 Å². The summed E-state index contributed by atoms with van der Waals surface area (Å²) < 4.78 is 11.0. The fourth-order valence-electron chi connectivity index (χ4n) is 2.44. The number of rotatable bonds is 12. The number of likely N-dealkylation sites (N-methyl/N-ethyl adjacent to an activating group) is 2. The Bertz CT molecular complexity index is 578. The Morgan fingerprint density at radius 1 is 0.733 bits per heavy atom. The van der Waals surface area contributed by atoms with Crippen molar-refractivity contribution in [1.29, 1.82) is 0 Å². The number of esters is 2. The van der Waals surface area contributed by atoms with Crippen LogP contribution in [-0.2, 0) is 28.7 Å². The Balaban J connectivity index is -0.000000243. The fourth-order valence-corrected chi connectivity index (χ4v) is 2.44. The van der Waals surface area contributed by atoms with Gasteiger partial charge in [0, 0.05) is 12.2 Å². The van der Waals surface area contributed by atoms with Crippen molar-refractivity contribution in [2.75, 3.05) is 55.4 Å². The maximum absolute atomic E-state index is 11.9. The molecule has 0 rings (SSSR count). The number of nitrogens with zero attached hydrogens (tertiary/aromatic N) is 2. The van der Waals surface area contributed by atoms with Gasteiger partial charge in [0.25, 0.3) is 0 Å². The molecule has 0 amide bonds. The van der Waals surface area contributed by atoms with Gasteiger partial charge < -0.3 is 34.4 Å². The molecule has 0 aliphatic carbocycles. The van der Waals surface area contributed by atoms with Crippen molar-refractivity contribution >= 4 is 99.4 Å². The molecular weight excluding hydrogens is 452 g/mol. The molecule has 0 aliphatic rings. The fraction of sp³-hybridized carbons (Fsp3) is 0.667. The summed E-state index contributed by atoms with van der Waals surface area (Å²) in [5.41, 5.74) is 0. The number of hydrogen-bond acceptors (Lipinski definition) is 6. The molecule has 0 fully saturated rings. The van der Waals surface area contributed by atoms with Crippen molar-refractivity contribution in [1.82, 2.24) is 0 Å². The van der Waals surface area contributed by atoms with Crippen LogP contribution < -0.4 is 0 Å². The maximum Gasteiger partial charge on any atom is 2.00 e. The van der Waals surface area contributed by atoms with E-state index < -0.39 is 36.1 Å². The summed E-state index contributed by atoms with van der Waals surface area (Å²) in [5, 5.41) is 17.9. The molecule has 0 bridgehead atoms. The van der Waals surface area contributed by atoms with Gasteiger partial charge in [-0.25, -0.2) is 9.59 Å². The van der Waals surface area contributed by atoms with Crippen molar-refractivity contribution in [3.8, 4) is 0 Å². The van der Waals surface area contributed by atoms with Gasteiger partial charge in [-0.2, -0.15) is 0 Å². The summed E-state index contributed by atoms with van der Waals surface area (Å²) in [4.78, 5) is 45.7. The van der Waals surface area contributed by atoms with Crippen LogP contribution in [0.25, 0.3) is 0 Å². The zero-order chi connectivity index (χ0) is 22.1. The van der Waals surface area contributed by atoms with Gasteiger partial charge in [-0.15, -0.1) is 0 Å². The molecule has 0 saturated carbocycles. The molecular formula is C18H36Ca2N2O8+2. The minimum Gasteiger partial charge on any atom is -1.00 e. The summed E-state index contributed by atoms with van der Waals surface area (Å²) in [6, 6.07) is 0. The molecule has 0 aliphatic heterocycles. The molecule has 0 aromatic rings. The molecule has 0 aromatic carbocycles. The van der Waals surface area contributed by atoms with E-state index in [2.05, 4.69) is 0 Å². The van der Waals surface area contributed by atoms with Gasteiger partial charge in [0.15, 0.2) is 12.2 Å². The van der Waals surface area contributed by atoms with Gasteiger partial charge in [0.1, 0.15) is 13.1 Å². The zero-order valence-corrected chi connectivity index (χ0v) is 23.2. The van der Waals surface area contributed by atoms with Gasteiger partial charge in [-0.05, 0) is 0 Å². The minimum absolute atomic E-state index is 0. The third kappa shape index (κ3) is 21.3. The van der Waals surface area contributed by atoms with Crippen molar-refractivity contribution in [2.45, 2.75) is 25.0 Å². The number of carboxylic acid groups (broad SMARTS) is 2. The molecule has 0 aromatic heterocycles. The molecule has 10 nitrogen and oxygen atoms in total. The number of carboxylic acids is 2. The van der Waals surface area contributed by atoms with Gasteiger partial charge in [-0.3, -0.25) is 9.59 Å². The van der Waals surface area contributed by atoms with E-state index in [1.807, 2.05) is 42.3 Å².